The minimum atomic E-state index is -2.97. The second-order valence-electron chi connectivity index (χ2n) is 5.34. The smallest absolute Gasteiger partial charge is 0.152 e. The number of aryl methyl sites for hydroxylation is 1. The Labute approximate surface area is 118 Å². The summed E-state index contributed by atoms with van der Waals surface area (Å²) in [7, 11) is -1.03. The number of aromatic nitrogens is 1. The van der Waals surface area contributed by atoms with Crippen molar-refractivity contribution < 1.29 is 8.42 Å². The van der Waals surface area contributed by atoms with Gasteiger partial charge < -0.3 is 5.73 Å². The van der Waals surface area contributed by atoms with Crippen LogP contribution in [0.15, 0.2) is 5.38 Å². The Hall–Kier alpha value is -0.500. The van der Waals surface area contributed by atoms with Gasteiger partial charge in [0.2, 0.25) is 0 Å². The van der Waals surface area contributed by atoms with Crippen LogP contribution in [-0.4, -0.2) is 48.9 Å². The minimum absolute atomic E-state index is 0.163. The van der Waals surface area contributed by atoms with E-state index in [0.717, 1.165) is 17.1 Å². The first-order valence-corrected chi connectivity index (χ1v) is 9.10. The van der Waals surface area contributed by atoms with Crippen LogP contribution in [0.4, 0.5) is 0 Å². The Balaban J connectivity index is 2.16. The molecular formula is C12H21N3O2S2. The van der Waals surface area contributed by atoms with Crippen molar-refractivity contribution in [2.24, 2.45) is 5.73 Å². The zero-order valence-electron chi connectivity index (χ0n) is 11.4. The second kappa shape index (κ2) is 5.47. The maximum Gasteiger partial charge on any atom is 0.152 e. The normalized spacial score (nSPS) is 26.7. The van der Waals surface area contributed by atoms with Gasteiger partial charge in [0.25, 0.3) is 0 Å². The monoisotopic (exact) mass is 303 g/mol. The minimum Gasteiger partial charge on any atom is -0.329 e. The third-order valence-electron chi connectivity index (χ3n) is 3.84. The average molecular weight is 303 g/mol. The summed E-state index contributed by atoms with van der Waals surface area (Å²) in [4.78, 5) is 6.50. The summed E-state index contributed by atoms with van der Waals surface area (Å²) in [6, 6.07) is 0. The molecule has 1 aromatic rings. The third kappa shape index (κ3) is 3.34. The van der Waals surface area contributed by atoms with E-state index in [-0.39, 0.29) is 5.75 Å². The molecule has 1 fully saturated rings. The first kappa shape index (κ1) is 14.9. The fourth-order valence-electron chi connectivity index (χ4n) is 2.68. The average Bonchev–Trinajstić information content (AvgIpc) is 2.73. The molecule has 1 atom stereocenters. The van der Waals surface area contributed by atoms with Gasteiger partial charge in [-0.25, -0.2) is 13.4 Å². The molecule has 1 aromatic heterocycles. The van der Waals surface area contributed by atoms with E-state index in [1.807, 2.05) is 19.4 Å². The maximum atomic E-state index is 11.9. The number of sulfone groups is 1. The molecule has 1 aliphatic rings. The predicted octanol–water partition coefficient (Wildman–Crippen LogP) is 0.789. The number of thiazole rings is 1. The highest BCUT2D eigenvalue weighted by Crippen LogP contribution is 2.28. The van der Waals surface area contributed by atoms with Crippen LogP contribution in [0.1, 0.15) is 23.5 Å². The summed E-state index contributed by atoms with van der Waals surface area (Å²) >= 11 is 1.61. The van der Waals surface area contributed by atoms with E-state index >= 15 is 0 Å². The molecule has 19 heavy (non-hydrogen) atoms. The van der Waals surface area contributed by atoms with Crippen molar-refractivity contribution in [3.63, 3.8) is 0 Å². The van der Waals surface area contributed by atoms with E-state index in [2.05, 4.69) is 9.88 Å². The number of hydrogen-bond donors (Lipinski definition) is 1. The molecule has 5 nitrogen and oxygen atoms in total. The lowest BCUT2D eigenvalue weighted by molar-refractivity contribution is 0.122. The highest BCUT2D eigenvalue weighted by Gasteiger charge is 2.41. The summed E-state index contributed by atoms with van der Waals surface area (Å²) in [5.41, 5.74) is 6.45. The Morgan fingerprint density at radius 1 is 1.58 bits per heavy atom. The van der Waals surface area contributed by atoms with Gasteiger partial charge in [0.1, 0.15) is 0 Å². The zero-order chi connectivity index (χ0) is 14.1. The Kier molecular flexibility index (Phi) is 4.29. The number of likely N-dealkylation sites (N-methyl/N-ethyl adjacent to an activating group) is 1. The van der Waals surface area contributed by atoms with Gasteiger partial charge in [-0.05, 0) is 26.8 Å². The van der Waals surface area contributed by atoms with E-state index < -0.39 is 15.4 Å². The fraction of sp³-hybridized carbons (Fsp3) is 0.750. The molecule has 7 heteroatoms. The zero-order valence-corrected chi connectivity index (χ0v) is 13.1. The molecule has 0 aliphatic carbocycles. The summed E-state index contributed by atoms with van der Waals surface area (Å²) in [6.07, 6.45) is 1.53. The van der Waals surface area contributed by atoms with Gasteiger partial charge in [-0.3, -0.25) is 4.90 Å². The van der Waals surface area contributed by atoms with E-state index in [0.29, 0.717) is 25.3 Å². The van der Waals surface area contributed by atoms with Crippen LogP contribution < -0.4 is 5.73 Å². The Morgan fingerprint density at radius 3 is 2.84 bits per heavy atom. The molecule has 1 saturated heterocycles. The highest BCUT2D eigenvalue weighted by molar-refractivity contribution is 7.91. The molecule has 0 aromatic carbocycles. The largest absolute Gasteiger partial charge is 0.329 e. The lowest BCUT2D eigenvalue weighted by Crippen LogP contribution is -2.58. The molecule has 2 rings (SSSR count). The molecule has 0 amide bonds. The predicted molar refractivity (Wildman–Crippen MR) is 78.0 cm³/mol. The molecule has 2 heterocycles. The highest BCUT2D eigenvalue weighted by atomic mass is 32.2. The maximum absolute atomic E-state index is 11.9. The molecule has 1 aliphatic heterocycles. The number of hydrogen-bond acceptors (Lipinski definition) is 6. The van der Waals surface area contributed by atoms with Crippen molar-refractivity contribution in [2.45, 2.75) is 31.8 Å². The van der Waals surface area contributed by atoms with Gasteiger partial charge in [-0.15, -0.1) is 11.3 Å². The molecule has 1 unspecified atom stereocenters. The molecule has 0 bridgehead atoms. The van der Waals surface area contributed by atoms with Gasteiger partial charge in [0, 0.05) is 24.0 Å². The van der Waals surface area contributed by atoms with E-state index in [1.54, 1.807) is 11.3 Å². The topological polar surface area (TPSA) is 76.3 Å². The summed E-state index contributed by atoms with van der Waals surface area (Å²) in [5.74, 6) is 0.453. The van der Waals surface area contributed by atoms with Crippen molar-refractivity contribution in [1.29, 1.82) is 0 Å². The fourth-order valence-corrected chi connectivity index (χ4v) is 5.32. The van der Waals surface area contributed by atoms with Gasteiger partial charge in [-0.1, -0.05) is 0 Å². The molecule has 0 radical (unpaired) electrons. The van der Waals surface area contributed by atoms with Crippen LogP contribution in [0.2, 0.25) is 0 Å². The Bertz CT molecular complexity index is 541. The van der Waals surface area contributed by atoms with Crippen LogP contribution in [-0.2, 0) is 16.4 Å². The van der Waals surface area contributed by atoms with E-state index in [9.17, 15) is 8.42 Å². The van der Waals surface area contributed by atoms with Crippen molar-refractivity contribution >= 4 is 21.2 Å². The first-order valence-electron chi connectivity index (χ1n) is 6.40. The lowest BCUT2D eigenvalue weighted by Gasteiger charge is -2.43. The van der Waals surface area contributed by atoms with Gasteiger partial charge in [0.05, 0.1) is 22.2 Å². The SMILES string of the molecule is Cc1nc(CN(C)C2(CN)CCCS(=O)(=O)C2)cs1. The molecule has 0 saturated carbocycles. The number of rotatable bonds is 4. The van der Waals surface area contributed by atoms with Gasteiger partial charge >= 0.3 is 0 Å². The van der Waals surface area contributed by atoms with Crippen molar-refractivity contribution in [3.8, 4) is 0 Å². The quantitative estimate of drug-likeness (QED) is 0.890. The van der Waals surface area contributed by atoms with E-state index in [4.69, 9.17) is 5.73 Å². The first-order chi connectivity index (χ1) is 8.87. The van der Waals surface area contributed by atoms with Crippen LogP contribution >= 0.6 is 11.3 Å². The van der Waals surface area contributed by atoms with Gasteiger partial charge in [-0.2, -0.15) is 0 Å². The van der Waals surface area contributed by atoms with Crippen LogP contribution in [0.3, 0.4) is 0 Å². The number of nitrogens with zero attached hydrogens (tertiary/aromatic N) is 2. The van der Waals surface area contributed by atoms with Crippen LogP contribution in [0.25, 0.3) is 0 Å². The second-order valence-corrected chi connectivity index (χ2v) is 8.58. The van der Waals surface area contributed by atoms with Crippen LogP contribution in [0.5, 0.6) is 0 Å². The molecule has 2 N–H and O–H groups in total. The summed E-state index contributed by atoms with van der Waals surface area (Å²) in [5, 5.41) is 3.05. The summed E-state index contributed by atoms with van der Waals surface area (Å²) < 4.78 is 23.8. The molecular weight excluding hydrogens is 282 g/mol. The third-order valence-corrected chi connectivity index (χ3v) is 6.55. The van der Waals surface area contributed by atoms with Crippen molar-refractivity contribution in [3.05, 3.63) is 16.1 Å². The van der Waals surface area contributed by atoms with Gasteiger partial charge in [0.15, 0.2) is 9.84 Å². The molecule has 108 valence electrons. The molecule has 0 spiro atoms. The van der Waals surface area contributed by atoms with Crippen molar-refractivity contribution in [1.82, 2.24) is 9.88 Å². The van der Waals surface area contributed by atoms with E-state index in [1.165, 1.54) is 0 Å². The van der Waals surface area contributed by atoms with Crippen LogP contribution in [0, 0.1) is 6.92 Å². The number of nitrogens with two attached hydrogens (primary N) is 1. The van der Waals surface area contributed by atoms with Crippen molar-refractivity contribution in [2.75, 3.05) is 25.1 Å². The Morgan fingerprint density at radius 2 is 2.32 bits per heavy atom. The lowest BCUT2D eigenvalue weighted by atomic mass is 9.93. The standard InChI is InChI=1S/C12H21N3O2S2/c1-10-14-11(7-18-10)6-15(2)12(8-13)4-3-5-19(16,17)9-12/h7H,3-6,8-9,13H2,1-2H3. The summed E-state index contributed by atoms with van der Waals surface area (Å²) in [6.45, 7) is 2.99.